The zero-order valence-corrected chi connectivity index (χ0v) is 20.9. The second-order valence-electron chi connectivity index (χ2n) is 9.54. The van der Waals surface area contributed by atoms with Crippen molar-refractivity contribution in [3.05, 3.63) is 58.4 Å². The number of carbonyl (C=O) groups excluding carboxylic acids is 1. The number of nitrogen functional groups attached to an aromatic ring is 1. The molecule has 0 saturated carbocycles. The molecular weight excluding hydrogens is 483 g/mol. The molecule has 3 heterocycles. The highest BCUT2D eigenvalue weighted by Crippen LogP contribution is 2.42. The van der Waals surface area contributed by atoms with Crippen LogP contribution in [-0.2, 0) is 17.4 Å². The number of rotatable bonds is 4. The van der Waals surface area contributed by atoms with Gasteiger partial charge in [0, 0.05) is 48.6 Å². The number of anilines is 2. The molecule has 2 aliphatic rings. The van der Waals surface area contributed by atoms with Gasteiger partial charge in [0.15, 0.2) is 0 Å². The first-order valence-corrected chi connectivity index (χ1v) is 12.2. The Morgan fingerprint density at radius 2 is 1.97 bits per heavy atom. The Hall–Kier alpha value is -3.82. The molecule has 0 saturated heterocycles. The van der Waals surface area contributed by atoms with Crippen molar-refractivity contribution in [2.24, 2.45) is 0 Å². The zero-order valence-electron chi connectivity index (χ0n) is 20.9. The van der Waals surface area contributed by atoms with Crippen molar-refractivity contribution >= 4 is 33.9 Å². The van der Waals surface area contributed by atoms with E-state index in [1.54, 1.807) is 25.7 Å². The van der Waals surface area contributed by atoms with Crippen molar-refractivity contribution in [2.45, 2.75) is 45.8 Å². The second kappa shape index (κ2) is 9.24. The fourth-order valence-corrected chi connectivity index (χ4v) is 5.01. The first kappa shape index (κ1) is 24.9. The molecule has 2 aromatic carbocycles. The maximum absolute atomic E-state index is 13.4. The number of ether oxygens (including phenoxy) is 1. The number of nitrogens with one attached hydrogen (secondary N) is 1. The number of benzene rings is 2. The first-order chi connectivity index (χ1) is 17.5. The molecule has 3 aromatic rings. The van der Waals surface area contributed by atoms with E-state index in [9.17, 15) is 18.0 Å². The third-order valence-electron chi connectivity index (χ3n) is 6.91. The van der Waals surface area contributed by atoms with Crippen molar-refractivity contribution < 1.29 is 22.7 Å². The topological polar surface area (TPSA) is 93.4 Å². The van der Waals surface area contributed by atoms with E-state index in [1.165, 1.54) is 6.07 Å². The Kier molecular flexibility index (Phi) is 6.21. The minimum atomic E-state index is -4.50. The van der Waals surface area contributed by atoms with Crippen LogP contribution in [0.15, 0.2) is 30.3 Å². The number of alkyl halides is 3. The lowest BCUT2D eigenvalue weighted by Gasteiger charge is -2.26. The normalized spacial score (nSPS) is 16.3. The summed E-state index contributed by atoms with van der Waals surface area (Å²) in [4.78, 5) is 22.9. The molecule has 0 spiro atoms. The van der Waals surface area contributed by atoms with Crippen LogP contribution in [0.2, 0.25) is 0 Å². The number of aryl methyl sites for hydroxylation is 1. The minimum absolute atomic E-state index is 0.0369. The number of amides is 1. The lowest BCUT2D eigenvalue weighted by Crippen LogP contribution is -2.32. The van der Waals surface area contributed by atoms with Gasteiger partial charge in [-0.1, -0.05) is 6.08 Å². The van der Waals surface area contributed by atoms with Gasteiger partial charge in [0.1, 0.15) is 17.4 Å². The smallest absolute Gasteiger partial charge is 0.416 e. The summed E-state index contributed by atoms with van der Waals surface area (Å²) in [5.41, 5.74) is 9.24. The first-order valence-electron chi connectivity index (χ1n) is 12.2. The van der Waals surface area contributed by atoms with Crippen LogP contribution < -0.4 is 15.8 Å². The van der Waals surface area contributed by atoms with E-state index < -0.39 is 17.8 Å². The van der Waals surface area contributed by atoms with Gasteiger partial charge in [0.05, 0.1) is 23.7 Å². The van der Waals surface area contributed by atoms with Gasteiger partial charge in [-0.05, 0) is 55.7 Å². The molecule has 1 amide bonds. The van der Waals surface area contributed by atoms with E-state index in [-0.39, 0.29) is 11.6 Å². The summed E-state index contributed by atoms with van der Waals surface area (Å²) in [6.45, 7) is 6.81. The van der Waals surface area contributed by atoms with Gasteiger partial charge in [-0.3, -0.25) is 4.79 Å². The monoisotopic (exact) mass is 511 g/mol. The number of halogens is 3. The predicted molar refractivity (Wildman–Crippen MR) is 136 cm³/mol. The molecule has 0 aliphatic carbocycles. The molecule has 0 bridgehead atoms. The molecule has 10 heteroatoms. The van der Waals surface area contributed by atoms with Crippen molar-refractivity contribution in [3.63, 3.8) is 0 Å². The minimum Gasteiger partial charge on any atom is -0.492 e. The molecule has 1 aromatic heterocycles. The van der Waals surface area contributed by atoms with Crippen LogP contribution in [0.25, 0.3) is 16.5 Å². The number of fused-ring (bicyclic) bond motifs is 3. The fourth-order valence-electron chi connectivity index (χ4n) is 5.01. The number of nitrogens with zero attached hydrogens (tertiary/aromatic N) is 3. The number of hydrogen-bond acceptors (Lipinski definition) is 6. The molecule has 194 valence electrons. The van der Waals surface area contributed by atoms with Gasteiger partial charge >= 0.3 is 6.18 Å². The van der Waals surface area contributed by atoms with Crippen LogP contribution in [0.5, 0.6) is 5.75 Å². The molecule has 7 nitrogen and oxygen atoms in total. The van der Waals surface area contributed by atoms with Crippen LogP contribution in [-0.4, -0.2) is 40.5 Å². The molecule has 0 fully saturated rings. The van der Waals surface area contributed by atoms with Crippen molar-refractivity contribution in [2.75, 3.05) is 30.7 Å². The number of carbonyl (C=O) groups is 1. The molecule has 2 aliphatic heterocycles. The van der Waals surface area contributed by atoms with Crippen LogP contribution in [0.4, 0.5) is 24.7 Å². The van der Waals surface area contributed by atoms with Gasteiger partial charge < -0.3 is 20.7 Å². The molecular formula is C27H28F3N5O2. The molecule has 3 N–H and O–H groups in total. The highest BCUT2D eigenvalue weighted by Gasteiger charge is 2.32. The zero-order chi connectivity index (χ0) is 26.5. The molecule has 1 atom stereocenters. The molecule has 5 rings (SSSR count). The van der Waals surface area contributed by atoms with E-state index in [1.807, 2.05) is 12.1 Å². The van der Waals surface area contributed by atoms with Gasteiger partial charge in [-0.25, -0.2) is 9.97 Å². The summed E-state index contributed by atoms with van der Waals surface area (Å²) >= 11 is 0. The second-order valence-corrected chi connectivity index (χ2v) is 9.54. The average molecular weight is 512 g/mol. The molecule has 0 radical (unpaired) electrons. The quantitative estimate of drug-likeness (QED) is 0.463. The standard InChI is InChI=1S/C27H28F3N5O2/c1-14(18-10-19(27(28,29)30)12-20(31)11-18)32-26-23-13-22(17-4-7-35(8-5-17)16(3)36)25-21(6-9-37-25)24(23)33-15(2)34-26/h4,10-14H,5-9,31H2,1-3H3,(H,32,33,34). The number of hydrogen-bond donors (Lipinski definition) is 2. The number of aromatic nitrogens is 2. The summed E-state index contributed by atoms with van der Waals surface area (Å²) < 4.78 is 46.2. The maximum Gasteiger partial charge on any atom is 0.416 e. The molecule has 1 unspecified atom stereocenters. The third-order valence-corrected chi connectivity index (χ3v) is 6.91. The third kappa shape index (κ3) is 4.80. The van der Waals surface area contributed by atoms with Crippen molar-refractivity contribution in [1.82, 2.24) is 14.9 Å². The highest BCUT2D eigenvalue weighted by atomic mass is 19.4. The van der Waals surface area contributed by atoms with E-state index in [2.05, 4.69) is 10.3 Å². The molecule has 37 heavy (non-hydrogen) atoms. The van der Waals surface area contributed by atoms with Gasteiger partial charge in [-0.15, -0.1) is 0 Å². The number of nitrogens with two attached hydrogens (primary N) is 1. The van der Waals surface area contributed by atoms with Gasteiger partial charge in [-0.2, -0.15) is 13.2 Å². The summed E-state index contributed by atoms with van der Waals surface area (Å²) in [5, 5.41) is 4.07. The average Bonchev–Trinajstić information content (AvgIpc) is 3.33. The van der Waals surface area contributed by atoms with Crippen LogP contribution in [0, 0.1) is 6.92 Å². The van der Waals surface area contributed by atoms with Crippen LogP contribution >= 0.6 is 0 Å². The van der Waals surface area contributed by atoms with Crippen LogP contribution in [0.1, 0.15) is 54.4 Å². The van der Waals surface area contributed by atoms with E-state index in [0.717, 1.165) is 45.5 Å². The Morgan fingerprint density at radius 3 is 2.65 bits per heavy atom. The Labute approximate surface area is 212 Å². The lowest BCUT2D eigenvalue weighted by atomic mass is 9.93. The summed E-state index contributed by atoms with van der Waals surface area (Å²) in [6, 6.07) is 5.06. The lowest BCUT2D eigenvalue weighted by molar-refractivity contribution is -0.137. The predicted octanol–water partition coefficient (Wildman–Crippen LogP) is 5.28. The van der Waals surface area contributed by atoms with Crippen molar-refractivity contribution in [3.8, 4) is 5.75 Å². The summed E-state index contributed by atoms with van der Waals surface area (Å²) in [7, 11) is 0. The van der Waals surface area contributed by atoms with Crippen LogP contribution in [0.3, 0.4) is 0 Å². The summed E-state index contributed by atoms with van der Waals surface area (Å²) in [5.74, 6) is 1.91. The van der Waals surface area contributed by atoms with Crippen molar-refractivity contribution in [1.29, 1.82) is 0 Å². The maximum atomic E-state index is 13.4. The SMILES string of the molecule is CC(=O)N1CC=C(c2cc3c(NC(C)c4cc(N)cc(C(F)(F)F)c4)nc(C)nc3c3c2OCC3)CC1. The van der Waals surface area contributed by atoms with Gasteiger partial charge in [0.25, 0.3) is 0 Å². The Morgan fingerprint density at radius 1 is 1.19 bits per heavy atom. The van der Waals surface area contributed by atoms with Gasteiger partial charge in [0.2, 0.25) is 5.91 Å². The highest BCUT2D eigenvalue weighted by molar-refractivity contribution is 5.97. The Balaban J connectivity index is 1.58. The fraction of sp³-hybridized carbons (Fsp3) is 0.370. The largest absolute Gasteiger partial charge is 0.492 e. The van der Waals surface area contributed by atoms with E-state index in [4.69, 9.17) is 15.5 Å². The van der Waals surface area contributed by atoms with E-state index >= 15 is 0 Å². The summed E-state index contributed by atoms with van der Waals surface area (Å²) in [6.07, 6.45) is -1.06. The Bertz CT molecular complexity index is 1430. The van der Waals surface area contributed by atoms with E-state index in [0.29, 0.717) is 49.7 Å².